The van der Waals surface area contributed by atoms with E-state index in [0.717, 1.165) is 69.1 Å². The van der Waals surface area contributed by atoms with Crippen LogP contribution in [0.15, 0.2) is 53.9 Å². The molecule has 5 rings (SSSR count). The van der Waals surface area contributed by atoms with Crippen LogP contribution in [-0.2, 0) is 4.74 Å². The minimum absolute atomic E-state index is 0.153. The second kappa shape index (κ2) is 6.64. The van der Waals surface area contributed by atoms with Crippen molar-refractivity contribution in [2.24, 2.45) is 5.92 Å². The Morgan fingerprint density at radius 1 is 1.26 bits per heavy atom. The number of nitrogen functional groups attached to an aromatic ring is 1. The van der Waals surface area contributed by atoms with E-state index in [2.05, 4.69) is 40.7 Å². The molecular formula is C22H27N3O2. The average Bonchev–Trinajstić information content (AvgIpc) is 3.09. The van der Waals surface area contributed by atoms with E-state index in [-0.39, 0.29) is 5.60 Å². The quantitative estimate of drug-likeness (QED) is 0.805. The normalized spacial score (nSPS) is 25.2. The van der Waals surface area contributed by atoms with Crippen molar-refractivity contribution in [3.05, 3.63) is 53.9 Å². The van der Waals surface area contributed by atoms with Crippen LogP contribution in [-0.4, -0.2) is 31.9 Å². The first kappa shape index (κ1) is 16.8. The van der Waals surface area contributed by atoms with Crippen LogP contribution in [0.5, 0.6) is 5.75 Å². The lowest BCUT2D eigenvalue weighted by Gasteiger charge is -2.46. The monoisotopic (exact) mass is 365 g/mol. The number of nitrogens with zero attached hydrogens (tertiary/aromatic N) is 1. The Balaban J connectivity index is 1.36. The van der Waals surface area contributed by atoms with Gasteiger partial charge in [-0.3, -0.25) is 0 Å². The summed E-state index contributed by atoms with van der Waals surface area (Å²) < 4.78 is 12.1. The fourth-order valence-electron chi connectivity index (χ4n) is 4.69. The number of benzene rings is 1. The van der Waals surface area contributed by atoms with Crippen molar-refractivity contribution in [2.45, 2.75) is 31.3 Å². The third-order valence-corrected chi connectivity index (χ3v) is 6.24. The van der Waals surface area contributed by atoms with Crippen LogP contribution in [0.3, 0.4) is 0 Å². The Morgan fingerprint density at radius 2 is 2.15 bits per heavy atom. The van der Waals surface area contributed by atoms with Gasteiger partial charge in [0.15, 0.2) is 0 Å². The minimum Gasteiger partial charge on any atom is -0.483 e. The summed E-state index contributed by atoms with van der Waals surface area (Å²) in [5.74, 6) is 1.45. The topological polar surface area (TPSA) is 59.8 Å². The minimum atomic E-state index is -0.153. The molecule has 4 aliphatic rings. The fraction of sp³-hybridized carbons (Fsp3) is 0.455. The number of nitrogens with two attached hydrogens (primary N) is 1. The lowest BCUT2D eigenvalue weighted by Crippen LogP contribution is -2.54. The van der Waals surface area contributed by atoms with Gasteiger partial charge in [-0.1, -0.05) is 12.2 Å². The summed E-state index contributed by atoms with van der Waals surface area (Å²) >= 11 is 0. The number of hydrogen-bond donors (Lipinski definition) is 2. The highest BCUT2D eigenvalue weighted by atomic mass is 16.5. The number of allylic oxidation sites excluding steroid dienone is 4. The van der Waals surface area contributed by atoms with Crippen molar-refractivity contribution in [1.29, 1.82) is 0 Å². The molecule has 1 fully saturated rings. The summed E-state index contributed by atoms with van der Waals surface area (Å²) in [6.07, 6.45) is 12.8. The van der Waals surface area contributed by atoms with Gasteiger partial charge in [0.1, 0.15) is 11.4 Å². The van der Waals surface area contributed by atoms with Gasteiger partial charge in [-0.15, -0.1) is 0 Å². The number of ether oxygens (including phenoxy) is 2. The molecule has 0 bridgehead atoms. The molecule has 3 aliphatic heterocycles. The molecule has 1 spiro atoms. The number of rotatable bonds is 3. The predicted molar refractivity (Wildman–Crippen MR) is 108 cm³/mol. The molecule has 27 heavy (non-hydrogen) atoms. The van der Waals surface area contributed by atoms with Crippen LogP contribution < -0.4 is 20.7 Å². The maximum Gasteiger partial charge on any atom is 0.145 e. The lowest BCUT2D eigenvalue weighted by molar-refractivity contribution is -0.0454. The summed E-state index contributed by atoms with van der Waals surface area (Å²) in [6.45, 7) is 3.44. The summed E-state index contributed by atoms with van der Waals surface area (Å²) in [6, 6.07) is 6.05. The second-order valence-electron chi connectivity index (χ2n) is 8.00. The highest BCUT2D eigenvalue weighted by Crippen LogP contribution is 2.42. The van der Waals surface area contributed by atoms with Gasteiger partial charge in [0, 0.05) is 49.0 Å². The van der Waals surface area contributed by atoms with E-state index < -0.39 is 0 Å². The zero-order valence-electron chi connectivity index (χ0n) is 15.6. The first-order valence-corrected chi connectivity index (χ1v) is 9.96. The molecule has 1 saturated heterocycles. The molecule has 5 heteroatoms. The third kappa shape index (κ3) is 3.10. The highest BCUT2D eigenvalue weighted by molar-refractivity contribution is 5.66. The Morgan fingerprint density at radius 3 is 3.04 bits per heavy atom. The SMILES string of the molecule is Nc1ccc2c(c1)OC1(CCOCC1)CN2CCC1=CNC2=CC=CCC12. The molecular weight excluding hydrogens is 338 g/mol. The summed E-state index contributed by atoms with van der Waals surface area (Å²) in [5.41, 5.74) is 10.6. The van der Waals surface area contributed by atoms with Crippen LogP contribution in [0.2, 0.25) is 0 Å². The maximum absolute atomic E-state index is 6.48. The van der Waals surface area contributed by atoms with E-state index in [9.17, 15) is 0 Å². The van der Waals surface area contributed by atoms with Gasteiger partial charge in [-0.05, 0) is 36.6 Å². The van der Waals surface area contributed by atoms with Crippen molar-refractivity contribution >= 4 is 11.4 Å². The maximum atomic E-state index is 6.48. The van der Waals surface area contributed by atoms with E-state index in [1.807, 2.05) is 12.1 Å². The van der Waals surface area contributed by atoms with Crippen molar-refractivity contribution in [3.8, 4) is 5.75 Å². The predicted octanol–water partition coefficient (Wildman–Crippen LogP) is 3.35. The van der Waals surface area contributed by atoms with Crippen LogP contribution in [0.25, 0.3) is 0 Å². The molecule has 0 amide bonds. The van der Waals surface area contributed by atoms with E-state index in [1.54, 1.807) is 0 Å². The molecule has 142 valence electrons. The lowest BCUT2D eigenvalue weighted by atomic mass is 9.89. The summed E-state index contributed by atoms with van der Waals surface area (Å²) in [7, 11) is 0. The molecule has 1 aromatic carbocycles. The Labute approximate surface area is 160 Å². The molecule has 5 nitrogen and oxygen atoms in total. The van der Waals surface area contributed by atoms with Crippen molar-refractivity contribution in [3.63, 3.8) is 0 Å². The van der Waals surface area contributed by atoms with Crippen LogP contribution in [0.1, 0.15) is 25.7 Å². The van der Waals surface area contributed by atoms with Gasteiger partial charge < -0.3 is 25.4 Å². The van der Waals surface area contributed by atoms with E-state index in [0.29, 0.717) is 5.92 Å². The first-order chi connectivity index (χ1) is 13.2. The smallest absolute Gasteiger partial charge is 0.145 e. The summed E-state index contributed by atoms with van der Waals surface area (Å²) in [5, 5.41) is 3.45. The molecule has 0 saturated carbocycles. The highest BCUT2D eigenvalue weighted by Gasteiger charge is 2.41. The number of fused-ring (bicyclic) bond motifs is 2. The molecule has 1 aromatic rings. The summed E-state index contributed by atoms with van der Waals surface area (Å²) in [4.78, 5) is 2.49. The fourth-order valence-corrected chi connectivity index (χ4v) is 4.69. The van der Waals surface area contributed by atoms with Gasteiger partial charge in [-0.25, -0.2) is 0 Å². The van der Waals surface area contributed by atoms with Gasteiger partial charge in [-0.2, -0.15) is 0 Å². The van der Waals surface area contributed by atoms with E-state index in [4.69, 9.17) is 15.2 Å². The average molecular weight is 365 g/mol. The van der Waals surface area contributed by atoms with Gasteiger partial charge in [0.05, 0.1) is 25.4 Å². The zero-order chi connectivity index (χ0) is 18.3. The third-order valence-electron chi connectivity index (χ3n) is 6.24. The molecule has 0 aromatic heterocycles. The molecule has 1 aliphatic carbocycles. The standard InChI is InChI=1S/C22H27N3O2/c23-17-5-6-20-21(13-17)27-22(8-11-26-12-9-22)15-25(20)10-7-16-14-24-19-4-2-1-3-18(16)19/h1-2,4-6,13-14,18,24H,3,7-12,15,23H2. The number of nitrogens with one attached hydrogen (secondary N) is 1. The van der Waals surface area contributed by atoms with Crippen molar-refractivity contribution < 1.29 is 9.47 Å². The largest absolute Gasteiger partial charge is 0.483 e. The molecule has 1 atom stereocenters. The second-order valence-corrected chi connectivity index (χ2v) is 8.00. The molecule has 3 heterocycles. The van der Waals surface area contributed by atoms with Gasteiger partial charge >= 0.3 is 0 Å². The van der Waals surface area contributed by atoms with Crippen LogP contribution in [0, 0.1) is 5.92 Å². The van der Waals surface area contributed by atoms with Crippen molar-refractivity contribution in [1.82, 2.24) is 5.32 Å². The van der Waals surface area contributed by atoms with Gasteiger partial charge in [0.2, 0.25) is 0 Å². The Hall–Kier alpha value is -2.40. The van der Waals surface area contributed by atoms with E-state index in [1.165, 1.54) is 11.3 Å². The Kier molecular flexibility index (Phi) is 4.12. The number of anilines is 2. The first-order valence-electron chi connectivity index (χ1n) is 9.96. The van der Waals surface area contributed by atoms with Crippen LogP contribution in [0.4, 0.5) is 11.4 Å². The zero-order valence-corrected chi connectivity index (χ0v) is 15.6. The van der Waals surface area contributed by atoms with Crippen LogP contribution >= 0.6 is 0 Å². The van der Waals surface area contributed by atoms with Crippen molar-refractivity contribution in [2.75, 3.05) is 36.9 Å². The Bertz CT molecular complexity index is 821. The molecule has 1 unspecified atom stereocenters. The molecule has 0 radical (unpaired) electrons. The van der Waals surface area contributed by atoms with Gasteiger partial charge in [0.25, 0.3) is 0 Å². The van der Waals surface area contributed by atoms with E-state index >= 15 is 0 Å². The number of hydrogen-bond acceptors (Lipinski definition) is 5. The molecule has 3 N–H and O–H groups in total.